The van der Waals surface area contributed by atoms with Crippen LogP contribution < -0.4 is 0 Å². The van der Waals surface area contributed by atoms with Gasteiger partial charge in [0.2, 0.25) is 0 Å². The molecule has 0 bridgehead atoms. The number of benzene rings is 1. The summed E-state index contributed by atoms with van der Waals surface area (Å²) >= 11 is 0. The van der Waals surface area contributed by atoms with Gasteiger partial charge in [0.15, 0.2) is 0 Å². The van der Waals surface area contributed by atoms with E-state index < -0.39 is 5.89 Å². The summed E-state index contributed by atoms with van der Waals surface area (Å²) in [7, 11) is 1.62. The van der Waals surface area contributed by atoms with Gasteiger partial charge in [0.1, 0.15) is 0 Å². The highest BCUT2D eigenvalue weighted by Gasteiger charge is 2.01. The number of rotatable bonds is 3. The van der Waals surface area contributed by atoms with Crippen molar-refractivity contribution in [2.75, 3.05) is 13.7 Å². The van der Waals surface area contributed by atoms with Crippen LogP contribution in [-0.2, 0) is 4.74 Å². The Morgan fingerprint density at radius 2 is 2.09 bits per heavy atom. The van der Waals surface area contributed by atoms with Gasteiger partial charge in [-0.05, 0) is 5.56 Å². The smallest absolute Gasteiger partial charge is 0.0528 e. The maximum Gasteiger partial charge on any atom is 0.0528 e. The molecule has 1 nitrogen and oxygen atoms in total. The quantitative estimate of drug-likeness (QED) is 0.644. The first-order valence-electron chi connectivity index (χ1n) is 4.21. The van der Waals surface area contributed by atoms with E-state index in [1.54, 1.807) is 7.11 Å². The second-order valence-electron chi connectivity index (χ2n) is 2.58. The van der Waals surface area contributed by atoms with Crippen molar-refractivity contribution in [3.63, 3.8) is 0 Å². The Balaban J connectivity index is 2.82. The summed E-state index contributed by atoms with van der Waals surface area (Å²) in [6, 6.07) is 9.74. The fourth-order valence-corrected chi connectivity index (χ4v) is 1.02. The third-order valence-electron chi connectivity index (χ3n) is 1.63. The molecule has 0 aliphatic carbocycles. The van der Waals surface area contributed by atoms with E-state index in [4.69, 9.17) is 6.11 Å². The Hall–Kier alpha value is -0.820. The Morgan fingerprint density at radius 3 is 2.64 bits per heavy atom. The summed E-state index contributed by atoms with van der Waals surface area (Å²) < 4.78 is 12.9. The Labute approximate surface area is 69.4 Å². The minimum atomic E-state index is -0.629. The van der Waals surface area contributed by atoms with Crippen LogP contribution in [0.2, 0.25) is 0 Å². The zero-order chi connectivity index (χ0) is 9.03. The molecule has 0 aliphatic rings. The SMILES string of the molecule is [2H]C(C)(COC)c1ccccc1. The molecule has 0 aromatic heterocycles. The zero-order valence-electron chi connectivity index (χ0n) is 8.00. The highest BCUT2D eigenvalue weighted by atomic mass is 16.5. The van der Waals surface area contributed by atoms with Crippen molar-refractivity contribution in [3.8, 4) is 0 Å². The Bertz CT molecular complexity index is 231. The van der Waals surface area contributed by atoms with Gasteiger partial charge in [-0.25, -0.2) is 0 Å². The van der Waals surface area contributed by atoms with Crippen LogP contribution in [0.25, 0.3) is 0 Å². The lowest BCUT2D eigenvalue weighted by molar-refractivity contribution is 0.184. The molecule has 11 heavy (non-hydrogen) atoms. The zero-order valence-corrected chi connectivity index (χ0v) is 7.00. The fourth-order valence-electron chi connectivity index (χ4n) is 1.02. The van der Waals surface area contributed by atoms with Crippen molar-refractivity contribution < 1.29 is 6.11 Å². The third kappa shape index (κ3) is 2.35. The molecular weight excluding hydrogens is 136 g/mol. The summed E-state index contributed by atoms with van der Waals surface area (Å²) in [4.78, 5) is 0. The molecule has 0 fully saturated rings. The van der Waals surface area contributed by atoms with Gasteiger partial charge in [-0.1, -0.05) is 37.3 Å². The lowest BCUT2D eigenvalue weighted by Gasteiger charge is -2.09. The van der Waals surface area contributed by atoms with E-state index in [0.29, 0.717) is 6.61 Å². The average molecular weight is 151 g/mol. The van der Waals surface area contributed by atoms with E-state index >= 15 is 0 Å². The van der Waals surface area contributed by atoms with E-state index in [2.05, 4.69) is 0 Å². The molecule has 1 rings (SSSR count). The second-order valence-corrected chi connectivity index (χ2v) is 2.58. The minimum Gasteiger partial charge on any atom is -0.384 e. The molecule has 1 aromatic rings. The standard InChI is InChI=1S/C10H14O/c1-9(8-11-2)10-6-4-3-5-7-10/h3-7,9H,8H2,1-2H3/i9D. The van der Waals surface area contributed by atoms with Crippen LogP contribution in [0.1, 0.15) is 19.8 Å². The summed E-state index contributed by atoms with van der Waals surface area (Å²) in [5.74, 6) is -0.629. The van der Waals surface area contributed by atoms with Gasteiger partial charge in [-0.15, -0.1) is 0 Å². The van der Waals surface area contributed by atoms with Crippen molar-refractivity contribution in [1.29, 1.82) is 0 Å². The van der Waals surface area contributed by atoms with Crippen LogP contribution in [-0.4, -0.2) is 13.7 Å². The largest absolute Gasteiger partial charge is 0.384 e. The van der Waals surface area contributed by atoms with Gasteiger partial charge >= 0.3 is 0 Å². The van der Waals surface area contributed by atoms with E-state index in [9.17, 15) is 0 Å². The average Bonchev–Trinajstić information content (AvgIpc) is 2.06. The predicted octanol–water partition coefficient (Wildman–Crippen LogP) is 2.44. The van der Waals surface area contributed by atoms with Gasteiger partial charge in [-0.2, -0.15) is 0 Å². The van der Waals surface area contributed by atoms with Gasteiger partial charge in [0.25, 0.3) is 0 Å². The second kappa shape index (κ2) is 4.14. The predicted molar refractivity (Wildman–Crippen MR) is 46.7 cm³/mol. The maximum atomic E-state index is 7.94. The minimum absolute atomic E-state index is 0.428. The van der Waals surface area contributed by atoms with Gasteiger partial charge < -0.3 is 4.74 Å². The summed E-state index contributed by atoms with van der Waals surface area (Å²) in [6.45, 7) is 2.28. The lowest BCUT2D eigenvalue weighted by atomic mass is 10.0. The van der Waals surface area contributed by atoms with Crippen molar-refractivity contribution in [1.82, 2.24) is 0 Å². The molecule has 60 valence electrons. The monoisotopic (exact) mass is 151 g/mol. The third-order valence-corrected chi connectivity index (χ3v) is 1.63. The summed E-state index contributed by atoms with van der Waals surface area (Å²) in [5.41, 5.74) is 0.992. The van der Waals surface area contributed by atoms with Gasteiger partial charge in [0.05, 0.1) is 6.61 Å². The summed E-state index contributed by atoms with van der Waals surface area (Å²) in [6.07, 6.45) is 0. The molecule has 0 aliphatic heterocycles. The van der Waals surface area contributed by atoms with Crippen molar-refractivity contribution >= 4 is 0 Å². The Morgan fingerprint density at radius 1 is 1.45 bits per heavy atom. The highest BCUT2D eigenvalue weighted by Crippen LogP contribution is 2.13. The summed E-state index contributed by atoms with van der Waals surface area (Å²) in [5, 5.41) is 0. The molecule has 0 radical (unpaired) electrons. The van der Waals surface area contributed by atoms with E-state index in [1.807, 2.05) is 37.3 Å². The maximum absolute atomic E-state index is 7.94. The van der Waals surface area contributed by atoms with E-state index in [0.717, 1.165) is 5.56 Å². The van der Waals surface area contributed by atoms with Crippen molar-refractivity contribution in [3.05, 3.63) is 35.9 Å². The molecule has 1 unspecified atom stereocenters. The van der Waals surface area contributed by atoms with E-state index in [1.165, 1.54) is 0 Å². The molecule has 0 saturated heterocycles. The fraction of sp³-hybridized carbons (Fsp3) is 0.400. The van der Waals surface area contributed by atoms with Crippen LogP contribution in [0.3, 0.4) is 0 Å². The van der Waals surface area contributed by atoms with Crippen LogP contribution in [0, 0.1) is 0 Å². The molecule has 0 saturated carbocycles. The van der Waals surface area contributed by atoms with Crippen LogP contribution in [0.5, 0.6) is 0 Å². The molecule has 1 atom stereocenters. The number of hydrogen-bond donors (Lipinski definition) is 0. The molecule has 0 spiro atoms. The van der Waals surface area contributed by atoms with Gasteiger partial charge in [0, 0.05) is 14.4 Å². The molecule has 1 heteroatoms. The highest BCUT2D eigenvalue weighted by molar-refractivity contribution is 5.18. The first-order chi connectivity index (χ1) is 5.67. The first kappa shape index (κ1) is 6.86. The number of methoxy groups -OCH3 is 1. The lowest BCUT2D eigenvalue weighted by Crippen LogP contribution is -2.00. The Kier molecular flexibility index (Phi) is 2.58. The van der Waals surface area contributed by atoms with Crippen molar-refractivity contribution in [2.45, 2.75) is 12.8 Å². The van der Waals surface area contributed by atoms with Crippen LogP contribution in [0.4, 0.5) is 0 Å². The molecule has 0 amide bonds. The van der Waals surface area contributed by atoms with Crippen LogP contribution >= 0.6 is 0 Å². The first-order valence-corrected chi connectivity index (χ1v) is 3.71. The topological polar surface area (TPSA) is 9.23 Å². The van der Waals surface area contributed by atoms with Crippen LogP contribution in [0.15, 0.2) is 30.3 Å². The number of hydrogen-bond acceptors (Lipinski definition) is 1. The molecular formula is C10H14O. The van der Waals surface area contributed by atoms with Crippen molar-refractivity contribution in [2.24, 2.45) is 0 Å². The molecule has 1 aromatic carbocycles. The number of ether oxygens (including phenoxy) is 1. The normalized spacial score (nSPS) is 17.1. The molecule has 0 heterocycles. The van der Waals surface area contributed by atoms with E-state index in [-0.39, 0.29) is 0 Å². The molecule has 0 N–H and O–H groups in total. The van der Waals surface area contributed by atoms with Gasteiger partial charge in [-0.3, -0.25) is 0 Å².